The number of aromatic hydroxyl groups is 5. The maximum Gasteiger partial charge on any atom is 0.208 e. The molecule has 1 heterocycles. The van der Waals surface area contributed by atoms with E-state index in [4.69, 9.17) is 4.98 Å². The van der Waals surface area contributed by atoms with Gasteiger partial charge in [-0.2, -0.15) is 0 Å². The van der Waals surface area contributed by atoms with Crippen LogP contribution in [-0.4, -0.2) is 30.5 Å². The predicted molar refractivity (Wildman–Crippen MR) is 199 cm³/mol. The van der Waals surface area contributed by atoms with Gasteiger partial charge in [-0.3, -0.25) is 4.98 Å². The number of hydrogen-bond donors (Lipinski definition) is 5. The molecule has 242 valence electrons. The molecule has 7 aromatic carbocycles. The van der Waals surface area contributed by atoms with Gasteiger partial charge >= 0.3 is 0 Å². The molecule has 8 rings (SSSR count). The fourth-order valence-corrected chi connectivity index (χ4v) is 6.53. The van der Waals surface area contributed by atoms with E-state index in [9.17, 15) is 25.5 Å². The van der Waals surface area contributed by atoms with Gasteiger partial charge in [0.15, 0.2) is 11.5 Å². The molecule has 0 atom stereocenters. The minimum absolute atomic E-state index is 0.186. The number of pyridine rings is 1. The molecule has 0 spiro atoms. The van der Waals surface area contributed by atoms with Gasteiger partial charge in [-0.05, 0) is 51.7 Å². The second-order valence-electron chi connectivity index (χ2n) is 12.0. The van der Waals surface area contributed by atoms with Crippen LogP contribution in [0.4, 0.5) is 17.1 Å². The Bertz CT molecular complexity index is 2410. The number of hydrogen-bond acceptors (Lipinski definition) is 7. The van der Waals surface area contributed by atoms with Crippen LogP contribution in [0.15, 0.2) is 152 Å². The summed E-state index contributed by atoms with van der Waals surface area (Å²) in [6.07, 6.45) is 1.91. The number of phenolic OH excluding ortho intramolecular Hbond substituents is 5. The van der Waals surface area contributed by atoms with Crippen LogP contribution >= 0.6 is 0 Å². The van der Waals surface area contributed by atoms with Gasteiger partial charge in [0.25, 0.3) is 0 Å². The van der Waals surface area contributed by atoms with E-state index in [1.165, 1.54) is 0 Å². The Morgan fingerprint density at radius 3 is 1.32 bits per heavy atom. The van der Waals surface area contributed by atoms with Crippen molar-refractivity contribution in [3.05, 3.63) is 152 Å². The minimum atomic E-state index is -0.989. The fourth-order valence-electron chi connectivity index (χ4n) is 6.53. The predicted octanol–water partition coefficient (Wildman–Crippen LogP) is 10.4. The van der Waals surface area contributed by atoms with Gasteiger partial charge in [0.05, 0.1) is 34.5 Å². The zero-order chi connectivity index (χ0) is 34.4. The van der Waals surface area contributed by atoms with Crippen LogP contribution < -0.4 is 4.90 Å². The zero-order valence-electron chi connectivity index (χ0n) is 26.6. The summed E-state index contributed by atoms with van der Waals surface area (Å²) in [4.78, 5) is 7.19. The standard InChI is InChI=1S/C43H30N2O5/c46-39-38(40(47)42(49)43(50)41(39)48)31-21-17-27(18-22-31)26-15-19-30(20-16-26)35-24-23-32(25-44-35)45(36-13-5-9-28-7-1-3-11-33(28)36)37-14-6-10-29-8-2-4-12-34(29)37/h1-25,46-50H. The summed E-state index contributed by atoms with van der Waals surface area (Å²) in [5, 5.41) is 54.9. The molecular weight excluding hydrogens is 624 g/mol. The van der Waals surface area contributed by atoms with Gasteiger partial charge in [0.2, 0.25) is 17.2 Å². The first-order valence-corrected chi connectivity index (χ1v) is 16.0. The molecule has 0 aliphatic heterocycles. The van der Waals surface area contributed by atoms with E-state index in [-0.39, 0.29) is 5.56 Å². The second kappa shape index (κ2) is 12.2. The monoisotopic (exact) mass is 654 g/mol. The molecule has 0 amide bonds. The van der Waals surface area contributed by atoms with Crippen LogP contribution in [0.5, 0.6) is 28.7 Å². The van der Waals surface area contributed by atoms with E-state index in [2.05, 4.69) is 95.9 Å². The highest BCUT2D eigenvalue weighted by atomic mass is 16.4. The summed E-state index contributed by atoms with van der Waals surface area (Å²) in [5.74, 6) is -4.27. The average molecular weight is 655 g/mol. The van der Waals surface area contributed by atoms with Gasteiger partial charge in [-0.1, -0.05) is 121 Å². The Hall–Kier alpha value is -6.99. The third kappa shape index (κ3) is 5.14. The average Bonchev–Trinajstić information content (AvgIpc) is 3.17. The first-order chi connectivity index (χ1) is 24.4. The molecule has 5 N–H and O–H groups in total. The van der Waals surface area contributed by atoms with E-state index in [1.54, 1.807) is 24.3 Å². The Balaban J connectivity index is 1.12. The molecule has 0 aliphatic rings. The lowest BCUT2D eigenvalue weighted by Crippen LogP contribution is -2.11. The van der Waals surface area contributed by atoms with Crippen molar-refractivity contribution in [1.29, 1.82) is 0 Å². The van der Waals surface area contributed by atoms with Crippen molar-refractivity contribution < 1.29 is 25.5 Å². The Kier molecular flexibility index (Phi) is 7.42. The third-order valence-corrected chi connectivity index (χ3v) is 9.08. The molecule has 8 aromatic rings. The molecule has 0 unspecified atom stereocenters. The van der Waals surface area contributed by atoms with Gasteiger partial charge in [0, 0.05) is 16.3 Å². The normalized spacial score (nSPS) is 11.2. The van der Waals surface area contributed by atoms with Crippen LogP contribution in [0, 0.1) is 0 Å². The third-order valence-electron chi connectivity index (χ3n) is 9.08. The summed E-state index contributed by atoms with van der Waals surface area (Å²) >= 11 is 0. The van der Waals surface area contributed by atoms with E-state index in [0.29, 0.717) is 5.56 Å². The van der Waals surface area contributed by atoms with Crippen LogP contribution in [0.2, 0.25) is 0 Å². The van der Waals surface area contributed by atoms with E-state index >= 15 is 0 Å². The highest BCUT2D eigenvalue weighted by Crippen LogP contribution is 2.54. The van der Waals surface area contributed by atoms with Crippen molar-refractivity contribution >= 4 is 38.6 Å². The summed E-state index contributed by atoms with van der Waals surface area (Å²) in [6, 6.07) is 48.5. The number of fused-ring (bicyclic) bond motifs is 2. The summed E-state index contributed by atoms with van der Waals surface area (Å²) in [5.41, 5.74) is 6.79. The van der Waals surface area contributed by atoms with Crippen molar-refractivity contribution in [2.75, 3.05) is 4.90 Å². The topological polar surface area (TPSA) is 117 Å². The second-order valence-corrected chi connectivity index (χ2v) is 12.0. The lowest BCUT2D eigenvalue weighted by Gasteiger charge is -2.28. The number of anilines is 3. The summed E-state index contributed by atoms with van der Waals surface area (Å²) in [6.45, 7) is 0. The SMILES string of the molecule is Oc1c(O)c(O)c(-c2ccc(-c3ccc(-c4ccc(N(c5cccc6ccccc56)c5cccc6ccccc56)cn4)cc3)cc2)c(O)c1O. The highest BCUT2D eigenvalue weighted by Gasteiger charge is 2.24. The number of benzene rings is 7. The summed E-state index contributed by atoms with van der Waals surface area (Å²) < 4.78 is 0. The van der Waals surface area contributed by atoms with Crippen molar-refractivity contribution in [3.8, 4) is 62.3 Å². The number of aromatic nitrogens is 1. The molecule has 0 saturated carbocycles. The zero-order valence-corrected chi connectivity index (χ0v) is 26.6. The molecule has 1 aromatic heterocycles. The van der Waals surface area contributed by atoms with Gasteiger partial charge in [0.1, 0.15) is 0 Å². The first kappa shape index (κ1) is 30.4. The molecule has 0 aliphatic carbocycles. The number of rotatable bonds is 6. The first-order valence-electron chi connectivity index (χ1n) is 16.0. The number of nitrogens with zero attached hydrogens (tertiary/aromatic N) is 2. The molecule has 0 saturated heterocycles. The molecule has 0 bridgehead atoms. The van der Waals surface area contributed by atoms with E-state index in [0.717, 1.165) is 61.0 Å². The fraction of sp³-hybridized carbons (Fsp3) is 0. The Morgan fingerprint density at radius 1 is 0.380 bits per heavy atom. The molecule has 0 radical (unpaired) electrons. The minimum Gasteiger partial charge on any atom is -0.504 e. The molecule has 50 heavy (non-hydrogen) atoms. The quantitative estimate of drug-likeness (QED) is 0.0894. The summed E-state index contributed by atoms with van der Waals surface area (Å²) in [7, 11) is 0. The largest absolute Gasteiger partial charge is 0.504 e. The molecular formula is C43H30N2O5. The van der Waals surface area contributed by atoms with Gasteiger partial charge < -0.3 is 30.4 Å². The highest BCUT2D eigenvalue weighted by molar-refractivity contribution is 6.04. The van der Waals surface area contributed by atoms with Crippen molar-refractivity contribution in [2.45, 2.75) is 0 Å². The van der Waals surface area contributed by atoms with Crippen molar-refractivity contribution in [3.63, 3.8) is 0 Å². The number of phenols is 5. The van der Waals surface area contributed by atoms with Crippen LogP contribution in [0.25, 0.3) is 55.1 Å². The Labute approximate surface area is 287 Å². The van der Waals surface area contributed by atoms with Crippen molar-refractivity contribution in [1.82, 2.24) is 4.98 Å². The van der Waals surface area contributed by atoms with Crippen molar-refractivity contribution in [2.24, 2.45) is 0 Å². The van der Waals surface area contributed by atoms with Crippen LogP contribution in [0.1, 0.15) is 0 Å². The Morgan fingerprint density at radius 2 is 0.820 bits per heavy atom. The maximum atomic E-state index is 10.3. The van der Waals surface area contributed by atoms with Gasteiger partial charge in [-0.15, -0.1) is 0 Å². The van der Waals surface area contributed by atoms with Crippen LogP contribution in [-0.2, 0) is 0 Å². The smallest absolute Gasteiger partial charge is 0.208 e. The lowest BCUT2D eigenvalue weighted by atomic mass is 9.97. The van der Waals surface area contributed by atoms with Crippen LogP contribution in [0.3, 0.4) is 0 Å². The molecule has 0 fully saturated rings. The molecule has 7 nitrogen and oxygen atoms in total. The lowest BCUT2D eigenvalue weighted by molar-refractivity contribution is 0.330. The van der Waals surface area contributed by atoms with E-state index < -0.39 is 28.7 Å². The van der Waals surface area contributed by atoms with Gasteiger partial charge in [-0.25, -0.2) is 0 Å². The van der Waals surface area contributed by atoms with E-state index in [1.807, 2.05) is 36.5 Å². The maximum absolute atomic E-state index is 10.3. The molecule has 7 heteroatoms.